The van der Waals surface area contributed by atoms with Crippen molar-refractivity contribution in [2.45, 2.75) is 10.6 Å². The fourth-order valence-electron chi connectivity index (χ4n) is 1.15. The summed E-state index contributed by atoms with van der Waals surface area (Å²) in [5.74, 6) is 0.984. The van der Waals surface area contributed by atoms with Crippen LogP contribution < -0.4 is 5.73 Å². The van der Waals surface area contributed by atoms with Crippen LogP contribution in [0.5, 0.6) is 0 Å². The van der Waals surface area contributed by atoms with Gasteiger partial charge in [-0.2, -0.15) is 0 Å². The zero-order chi connectivity index (χ0) is 10.7. The maximum Gasteiger partial charge on any atom is 0.0646 e. The van der Waals surface area contributed by atoms with Crippen molar-refractivity contribution in [3.05, 3.63) is 45.6 Å². The minimum Gasteiger partial charge on any atom is -0.398 e. The Bertz CT molecular complexity index is 440. The molecule has 1 heterocycles. The molecule has 0 atom stereocenters. The first-order chi connectivity index (χ1) is 7.25. The minimum atomic E-state index is 0.631. The van der Waals surface area contributed by atoms with Crippen molar-refractivity contribution in [2.24, 2.45) is 0 Å². The Morgan fingerprint density at radius 2 is 2.20 bits per heavy atom. The summed E-state index contributed by atoms with van der Waals surface area (Å²) in [4.78, 5) is 2.52. The van der Waals surface area contributed by atoms with Gasteiger partial charge in [-0.1, -0.05) is 17.7 Å². The molecule has 78 valence electrons. The molecule has 2 rings (SSSR count). The highest BCUT2D eigenvalue weighted by Crippen LogP contribution is 2.29. The van der Waals surface area contributed by atoms with Crippen LogP contribution in [0.1, 0.15) is 4.88 Å². The molecule has 0 unspecified atom stereocenters. The Kier molecular flexibility index (Phi) is 3.57. The lowest BCUT2D eigenvalue weighted by Crippen LogP contribution is -1.85. The fourth-order valence-corrected chi connectivity index (χ4v) is 3.10. The van der Waals surface area contributed by atoms with Crippen LogP contribution in [0.2, 0.25) is 5.02 Å². The van der Waals surface area contributed by atoms with Gasteiger partial charge in [0.05, 0.1) is 10.7 Å². The SMILES string of the molecule is Nc1ccc(SCc2cccs2)cc1Cl. The van der Waals surface area contributed by atoms with Gasteiger partial charge in [0.1, 0.15) is 0 Å². The van der Waals surface area contributed by atoms with E-state index in [0.717, 1.165) is 10.6 Å². The number of benzene rings is 1. The molecular weight excluding hydrogens is 246 g/mol. The lowest BCUT2D eigenvalue weighted by Gasteiger charge is -2.02. The van der Waals surface area contributed by atoms with Crippen LogP contribution in [0.15, 0.2) is 40.6 Å². The highest BCUT2D eigenvalue weighted by Gasteiger charge is 2.00. The first-order valence-corrected chi connectivity index (χ1v) is 6.70. The average Bonchev–Trinajstić information content (AvgIpc) is 2.73. The lowest BCUT2D eigenvalue weighted by molar-refractivity contribution is 1.43. The molecule has 1 aromatic carbocycles. The second-order valence-corrected chi connectivity index (χ2v) is 5.54. The van der Waals surface area contributed by atoms with Gasteiger partial charge in [-0.05, 0) is 29.6 Å². The molecule has 0 aliphatic rings. The first-order valence-electron chi connectivity index (χ1n) is 4.46. The third-order valence-corrected chi connectivity index (χ3v) is 4.36. The molecule has 0 amide bonds. The third kappa shape index (κ3) is 2.91. The van der Waals surface area contributed by atoms with Gasteiger partial charge < -0.3 is 5.73 Å². The summed E-state index contributed by atoms with van der Waals surface area (Å²) >= 11 is 9.48. The summed E-state index contributed by atoms with van der Waals surface area (Å²) < 4.78 is 0. The van der Waals surface area contributed by atoms with E-state index in [1.807, 2.05) is 18.2 Å². The van der Waals surface area contributed by atoms with E-state index in [1.165, 1.54) is 4.88 Å². The van der Waals surface area contributed by atoms with Gasteiger partial charge >= 0.3 is 0 Å². The van der Waals surface area contributed by atoms with Gasteiger partial charge in [-0.3, -0.25) is 0 Å². The highest BCUT2D eigenvalue weighted by atomic mass is 35.5. The monoisotopic (exact) mass is 255 g/mol. The molecule has 0 bridgehead atoms. The van der Waals surface area contributed by atoms with Crippen molar-refractivity contribution in [1.29, 1.82) is 0 Å². The van der Waals surface area contributed by atoms with E-state index in [1.54, 1.807) is 23.1 Å². The number of halogens is 1. The van der Waals surface area contributed by atoms with E-state index < -0.39 is 0 Å². The van der Waals surface area contributed by atoms with Crippen LogP contribution in [0.4, 0.5) is 5.69 Å². The Morgan fingerprint density at radius 3 is 2.87 bits per heavy atom. The van der Waals surface area contributed by atoms with E-state index in [-0.39, 0.29) is 0 Å². The van der Waals surface area contributed by atoms with Crippen LogP contribution in [-0.2, 0) is 5.75 Å². The number of rotatable bonds is 3. The quantitative estimate of drug-likeness (QED) is 0.655. The first kappa shape index (κ1) is 10.9. The zero-order valence-electron chi connectivity index (χ0n) is 7.94. The smallest absolute Gasteiger partial charge is 0.0646 e. The van der Waals surface area contributed by atoms with Gasteiger partial charge in [0.25, 0.3) is 0 Å². The summed E-state index contributed by atoms with van der Waals surface area (Å²) in [6.45, 7) is 0. The van der Waals surface area contributed by atoms with Crippen molar-refractivity contribution in [3.63, 3.8) is 0 Å². The molecule has 0 fully saturated rings. The molecule has 1 nitrogen and oxygen atoms in total. The van der Waals surface area contributed by atoms with Crippen molar-refractivity contribution < 1.29 is 0 Å². The van der Waals surface area contributed by atoms with Crippen LogP contribution in [-0.4, -0.2) is 0 Å². The van der Waals surface area contributed by atoms with Crippen molar-refractivity contribution in [2.75, 3.05) is 5.73 Å². The molecule has 0 aliphatic heterocycles. The molecule has 0 radical (unpaired) electrons. The third-order valence-electron chi connectivity index (χ3n) is 1.93. The lowest BCUT2D eigenvalue weighted by atomic mass is 10.3. The molecule has 0 saturated heterocycles. The zero-order valence-corrected chi connectivity index (χ0v) is 10.3. The Balaban J connectivity index is 2.02. The van der Waals surface area contributed by atoms with E-state index >= 15 is 0 Å². The Morgan fingerprint density at radius 1 is 1.33 bits per heavy atom. The largest absolute Gasteiger partial charge is 0.398 e. The number of anilines is 1. The fraction of sp³-hybridized carbons (Fsp3) is 0.0909. The maximum atomic E-state index is 5.94. The van der Waals surface area contributed by atoms with Gasteiger partial charge in [-0.25, -0.2) is 0 Å². The number of hydrogen-bond donors (Lipinski definition) is 1. The van der Waals surface area contributed by atoms with Crippen LogP contribution in [0.25, 0.3) is 0 Å². The van der Waals surface area contributed by atoms with Gasteiger partial charge in [0.15, 0.2) is 0 Å². The minimum absolute atomic E-state index is 0.631. The van der Waals surface area contributed by atoms with Crippen molar-refractivity contribution in [3.8, 4) is 0 Å². The predicted molar refractivity (Wildman–Crippen MR) is 69.7 cm³/mol. The standard InChI is InChI=1S/C11H10ClNS2/c12-10-6-8(3-4-11(10)13)15-7-9-2-1-5-14-9/h1-6H,7,13H2. The van der Waals surface area contributed by atoms with E-state index in [4.69, 9.17) is 17.3 Å². The number of nitrogens with two attached hydrogens (primary N) is 1. The van der Waals surface area contributed by atoms with Crippen LogP contribution >= 0.6 is 34.7 Å². The molecule has 2 aromatic rings. The van der Waals surface area contributed by atoms with E-state index in [2.05, 4.69) is 17.5 Å². The molecular formula is C11H10ClNS2. The van der Waals surface area contributed by atoms with Crippen LogP contribution in [0.3, 0.4) is 0 Å². The molecule has 15 heavy (non-hydrogen) atoms. The molecule has 0 aliphatic carbocycles. The van der Waals surface area contributed by atoms with E-state index in [0.29, 0.717) is 10.7 Å². The predicted octanol–water partition coefficient (Wildman–Crippen LogP) is 4.28. The average molecular weight is 256 g/mol. The summed E-state index contributed by atoms with van der Waals surface area (Å²) in [6, 6.07) is 9.96. The normalized spacial score (nSPS) is 10.5. The molecule has 1 aromatic heterocycles. The van der Waals surface area contributed by atoms with E-state index in [9.17, 15) is 0 Å². The molecule has 4 heteroatoms. The number of thioether (sulfide) groups is 1. The van der Waals surface area contributed by atoms with Gasteiger partial charge in [0.2, 0.25) is 0 Å². The Labute approximate surface area is 102 Å². The van der Waals surface area contributed by atoms with Crippen molar-refractivity contribution in [1.82, 2.24) is 0 Å². The van der Waals surface area contributed by atoms with Crippen molar-refractivity contribution >= 4 is 40.4 Å². The maximum absolute atomic E-state index is 5.94. The van der Waals surface area contributed by atoms with Gasteiger partial charge in [0, 0.05) is 15.5 Å². The summed E-state index contributed by atoms with van der Waals surface area (Å²) in [5.41, 5.74) is 6.28. The second kappa shape index (κ2) is 4.92. The summed E-state index contributed by atoms with van der Waals surface area (Å²) in [5, 5.41) is 2.72. The number of thiophene rings is 1. The summed E-state index contributed by atoms with van der Waals surface area (Å²) in [6.07, 6.45) is 0. The highest BCUT2D eigenvalue weighted by molar-refractivity contribution is 7.98. The number of nitrogen functional groups attached to an aromatic ring is 1. The Hall–Kier alpha value is -0.640. The number of hydrogen-bond acceptors (Lipinski definition) is 3. The van der Waals surface area contributed by atoms with Gasteiger partial charge in [-0.15, -0.1) is 23.1 Å². The molecule has 2 N–H and O–H groups in total. The summed E-state index contributed by atoms with van der Waals surface area (Å²) in [7, 11) is 0. The van der Waals surface area contributed by atoms with Crippen LogP contribution in [0, 0.1) is 0 Å². The topological polar surface area (TPSA) is 26.0 Å². The molecule has 0 saturated carbocycles. The molecule has 0 spiro atoms. The second-order valence-electron chi connectivity index (χ2n) is 3.05.